The first-order valence-electron chi connectivity index (χ1n) is 6.16. The minimum atomic E-state index is -0.652. The van der Waals surface area contributed by atoms with Crippen molar-refractivity contribution in [3.05, 3.63) is 28.8 Å². The summed E-state index contributed by atoms with van der Waals surface area (Å²) in [5.74, 6) is -0.334. The molecular formula is C15H16N2O3. The number of benzene rings is 1. The average Bonchev–Trinajstić information content (AvgIpc) is 2.36. The van der Waals surface area contributed by atoms with Gasteiger partial charge in [-0.25, -0.2) is 4.79 Å². The minimum Gasteiger partial charge on any atom is -0.493 e. The van der Waals surface area contributed by atoms with Crippen LogP contribution in [-0.4, -0.2) is 18.2 Å². The molecule has 0 aliphatic carbocycles. The Morgan fingerprint density at radius 3 is 2.20 bits per heavy atom. The fourth-order valence-corrected chi connectivity index (χ4v) is 1.53. The van der Waals surface area contributed by atoms with Gasteiger partial charge in [-0.15, -0.1) is 0 Å². The molecule has 5 nitrogen and oxygen atoms in total. The van der Waals surface area contributed by atoms with Crippen molar-refractivity contribution in [2.24, 2.45) is 0 Å². The van der Waals surface area contributed by atoms with Gasteiger partial charge in [-0.2, -0.15) is 10.5 Å². The summed E-state index contributed by atoms with van der Waals surface area (Å²) in [6, 6.07) is 6.51. The molecule has 0 aliphatic heterocycles. The van der Waals surface area contributed by atoms with Crippen LogP contribution in [0.2, 0.25) is 0 Å². The van der Waals surface area contributed by atoms with E-state index in [1.165, 1.54) is 12.1 Å². The molecule has 5 heteroatoms. The summed E-state index contributed by atoms with van der Waals surface area (Å²) in [4.78, 5) is 12.1. The van der Waals surface area contributed by atoms with Crippen LogP contribution in [0.4, 0.5) is 0 Å². The van der Waals surface area contributed by atoms with Crippen molar-refractivity contribution in [3.63, 3.8) is 0 Å². The van der Waals surface area contributed by atoms with Crippen LogP contribution in [0.1, 0.15) is 49.2 Å². The summed E-state index contributed by atoms with van der Waals surface area (Å²) < 4.78 is 10.6. The summed E-state index contributed by atoms with van der Waals surface area (Å²) in [5, 5.41) is 18.0. The second kappa shape index (κ2) is 6.08. The van der Waals surface area contributed by atoms with Crippen molar-refractivity contribution in [2.75, 3.05) is 6.61 Å². The molecule has 0 aliphatic rings. The lowest BCUT2D eigenvalue weighted by Gasteiger charge is -2.20. The molecule has 20 heavy (non-hydrogen) atoms. The van der Waals surface area contributed by atoms with Crippen molar-refractivity contribution >= 4 is 5.97 Å². The highest BCUT2D eigenvalue weighted by Crippen LogP contribution is 2.26. The average molecular weight is 272 g/mol. The van der Waals surface area contributed by atoms with Crippen LogP contribution in [0.3, 0.4) is 0 Å². The molecule has 0 heterocycles. The summed E-state index contributed by atoms with van der Waals surface area (Å²) >= 11 is 0. The molecule has 104 valence electrons. The molecule has 0 atom stereocenters. The summed E-state index contributed by atoms with van der Waals surface area (Å²) in [7, 11) is 0. The number of hydrogen-bond donors (Lipinski definition) is 0. The number of rotatable bonds is 3. The van der Waals surface area contributed by atoms with Gasteiger partial charge in [-0.1, -0.05) is 0 Å². The third-order valence-corrected chi connectivity index (χ3v) is 2.28. The van der Waals surface area contributed by atoms with Crippen molar-refractivity contribution in [3.8, 4) is 17.9 Å². The maximum atomic E-state index is 12.1. The standard InChI is InChI=1S/C15H16N2O3/c1-5-19-13-7-11(9-17)10(8-16)6-12(13)14(18)20-15(2,3)4/h6-7H,5H2,1-4H3. The molecule has 0 unspecified atom stereocenters. The Morgan fingerprint density at radius 2 is 1.75 bits per heavy atom. The van der Waals surface area contributed by atoms with E-state index in [9.17, 15) is 4.79 Å². The Balaban J connectivity index is 3.34. The van der Waals surface area contributed by atoms with Crippen LogP contribution in [0.15, 0.2) is 12.1 Å². The van der Waals surface area contributed by atoms with E-state index in [4.69, 9.17) is 20.0 Å². The lowest BCUT2D eigenvalue weighted by Crippen LogP contribution is -2.24. The van der Waals surface area contributed by atoms with Gasteiger partial charge in [0.2, 0.25) is 0 Å². The fraction of sp³-hybridized carbons (Fsp3) is 0.400. The molecule has 0 saturated carbocycles. The van der Waals surface area contributed by atoms with Crippen LogP contribution in [0.5, 0.6) is 5.75 Å². The van der Waals surface area contributed by atoms with Crippen LogP contribution >= 0.6 is 0 Å². The van der Waals surface area contributed by atoms with E-state index < -0.39 is 11.6 Å². The van der Waals surface area contributed by atoms with Gasteiger partial charge < -0.3 is 9.47 Å². The van der Waals surface area contributed by atoms with E-state index in [0.29, 0.717) is 6.61 Å². The molecule has 0 radical (unpaired) electrons. The molecule has 1 aromatic rings. The summed E-state index contributed by atoms with van der Waals surface area (Å²) in [6.45, 7) is 7.36. The summed E-state index contributed by atoms with van der Waals surface area (Å²) in [6.07, 6.45) is 0. The van der Waals surface area contributed by atoms with Crippen molar-refractivity contribution < 1.29 is 14.3 Å². The lowest BCUT2D eigenvalue weighted by molar-refractivity contribution is 0.00660. The highest BCUT2D eigenvalue weighted by molar-refractivity contribution is 5.93. The van der Waals surface area contributed by atoms with Gasteiger partial charge in [0.15, 0.2) is 0 Å². The maximum Gasteiger partial charge on any atom is 0.342 e. The third-order valence-electron chi connectivity index (χ3n) is 2.28. The summed E-state index contributed by atoms with van der Waals surface area (Å²) in [5.41, 5.74) is -0.209. The van der Waals surface area contributed by atoms with Gasteiger partial charge in [0, 0.05) is 6.07 Å². The molecule has 0 N–H and O–H groups in total. The van der Waals surface area contributed by atoms with Crippen LogP contribution < -0.4 is 4.74 Å². The van der Waals surface area contributed by atoms with E-state index in [2.05, 4.69) is 0 Å². The molecule has 0 saturated heterocycles. The van der Waals surface area contributed by atoms with Gasteiger partial charge in [0.1, 0.15) is 29.1 Å². The Kier molecular flexibility index (Phi) is 4.72. The van der Waals surface area contributed by atoms with E-state index in [1.807, 2.05) is 12.1 Å². The molecule has 0 amide bonds. The maximum absolute atomic E-state index is 12.1. The Bertz CT molecular complexity index is 601. The second-order valence-electron chi connectivity index (χ2n) is 5.05. The quantitative estimate of drug-likeness (QED) is 0.790. The number of carbonyl (C=O) groups excluding carboxylic acids is 1. The number of nitrogens with zero attached hydrogens (tertiary/aromatic N) is 2. The molecule has 0 spiro atoms. The number of esters is 1. The molecule has 0 fully saturated rings. The van der Waals surface area contributed by atoms with Gasteiger partial charge in [0.25, 0.3) is 0 Å². The normalized spacial score (nSPS) is 10.3. The van der Waals surface area contributed by atoms with Crippen LogP contribution in [0, 0.1) is 22.7 Å². The minimum absolute atomic E-state index is 0.122. The second-order valence-corrected chi connectivity index (χ2v) is 5.05. The molecule has 1 aromatic carbocycles. The molecular weight excluding hydrogens is 256 g/mol. The van der Waals surface area contributed by atoms with Gasteiger partial charge in [0.05, 0.1) is 17.7 Å². The van der Waals surface area contributed by atoms with Gasteiger partial charge in [-0.05, 0) is 33.8 Å². The Hall–Kier alpha value is -2.53. The number of carbonyl (C=O) groups is 1. The number of hydrogen-bond acceptors (Lipinski definition) is 5. The van der Waals surface area contributed by atoms with Gasteiger partial charge >= 0.3 is 5.97 Å². The Labute approximate surface area is 118 Å². The van der Waals surface area contributed by atoms with Gasteiger partial charge in [-0.3, -0.25) is 0 Å². The van der Waals surface area contributed by atoms with E-state index in [-0.39, 0.29) is 22.4 Å². The first-order valence-corrected chi connectivity index (χ1v) is 6.16. The predicted molar refractivity (Wildman–Crippen MR) is 72.2 cm³/mol. The fourth-order valence-electron chi connectivity index (χ4n) is 1.53. The highest BCUT2D eigenvalue weighted by Gasteiger charge is 2.23. The van der Waals surface area contributed by atoms with Crippen molar-refractivity contribution in [1.82, 2.24) is 0 Å². The highest BCUT2D eigenvalue weighted by atomic mass is 16.6. The van der Waals surface area contributed by atoms with E-state index in [1.54, 1.807) is 27.7 Å². The smallest absolute Gasteiger partial charge is 0.342 e. The SMILES string of the molecule is CCOc1cc(C#N)c(C#N)cc1C(=O)OC(C)(C)C. The Morgan fingerprint density at radius 1 is 1.20 bits per heavy atom. The monoisotopic (exact) mass is 272 g/mol. The van der Waals surface area contributed by atoms with Crippen LogP contribution in [0.25, 0.3) is 0 Å². The van der Waals surface area contributed by atoms with E-state index in [0.717, 1.165) is 0 Å². The molecule has 1 rings (SSSR count). The topological polar surface area (TPSA) is 83.1 Å². The zero-order chi connectivity index (χ0) is 15.3. The number of ether oxygens (including phenoxy) is 2. The molecule has 0 bridgehead atoms. The zero-order valence-corrected chi connectivity index (χ0v) is 12.0. The largest absolute Gasteiger partial charge is 0.493 e. The predicted octanol–water partition coefficient (Wildman–Crippen LogP) is 2.78. The zero-order valence-electron chi connectivity index (χ0n) is 12.0. The van der Waals surface area contributed by atoms with Crippen molar-refractivity contribution in [2.45, 2.75) is 33.3 Å². The number of nitriles is 2. The van der Waals surface area contributed by atoms with Crippen molar-refractivity contribution in [1.29, 1.82) is 10.5 Å². The third kappa shape index (κ3) is 3.73. The molecule has 0 aromatic heterocycles. The van der Waals surface area contributed by atoms with E-state index >= 15 is 0 Å². The first kappa shape index (κ1) is 15.5. The first-order chi connectivity index (χ1) is 9.32. The lowest BCUT2D eigenvalue weighted by atomic mass is 10.0. The van der Waals surface area contributed by atoms with Crippen LogP contribution in [-0.2, 0) is 4.74 Å².